The van der Waals surface area contributed by atoms with Crippen molar-refractivity contribution in [2.45, 2.75) is 39.2 Å². The van der Waals surface area contributed by atoms with Crippen molar-refractivity contribution < 1.29 is 9.53 Å². The minimum absolute atomic E-state index is 0.0888. The second-order valence-corrected chi connectivity index (χ2v) is 9.89. The van der Waals surface area contributed by atoms with E-state index in [9.17, 15) is 4.79 Å². The van der Waals surface area contributed by atoms with E-state index in [0.717, 1.165) is 40.7 Å². The Balaban J connectivity index is 1.37. The van der Waals surface area contributed by atoms with Crippen molar-refractivity contribution in [1.29, 1.82) is 0 Å². The van der Waals surface area contributed by atoms with E-state index in [4.69, 9.17) is 10.5 Å². The van der Waals surface area contributed by atoms with Crippen LogP contribution in [0, 0.1) is 6.92 Å². The van der Waals surface area contributed by atoms with Crippen LogP contribution in [0.4, 0.5) is 5.69 Å². The SMILES string of the molecule is Cc1cn(C)nc1[C@H](C)Nc1c(C(N)=O)nnc2ccc(-c3ccc(OCCCN4CCCC4)nc3)cc12. The lowest BCUT2D eigenvalue weighted by molar-refractivity contribution is 0.0995. The number of anilines is 1. The van der Waals surface area contributed by atoms with Gasteiger partial charge in [-0.05, 0) is 75.5 Å². The van der Waals surface area contributed by atoms with Crippen molar-refractivity contribution in [3.05, 3.63) is 59.7 Å². The van der Waals surface area contributed by atoms with Gasteiger partial charge in [-0.3, -0.25) is 9.48 Å². The highest BCUT2D eigenvalue weighted by molar-refractivity contribution is 6.05. The summed E-state index contributed by atoms with van der Waals surface area (Å²) in [6.07, 6.45) is 7.35. The largest absolute Gasteiger partial charge is 0.478 e. The molecule has 1 aliphatic heterocycles. The third-order valence-electron chi connectivity index (χ3n) is 6.95. The fraction of sp³-hybridized carbons (Fsp3) is 0.393. The number of nitrogens with one attached hydrogen (secondary N) is 1. The van der Waals surface area contributed by atoms with Gasteiger partial charge in [0.1, 0.15) is 0 Å². The smallest absolute Gasteiger partial charge is 0.271 e. The van der Waals surface area contributed by atoms with Crippen LogP contribution in [0.1, 0.15) is 54.0 Å². The van der Waals surface area contributed by atoms with Crippen LogP contribution in [0.5, 0.6) is 5.88 Å². The maximum Gasteiger partial charge on any atom is 0.271 e. The first-order valence-corrected chi connectivity index (χ1v) is 13.1. The number of likely N-dealkylation sites (tertiary alicyclic amines) is 1. The summed E-state index contributed by atoms with van der Waals surface area (Å²) in [4.78, 5) is 19.3. The maximum absolute atomic E-state index is 12.3. The second-order valence-electron chi connectivity index (χ2n) is 9.89. The van der Waals surface area contributed by atoms with E-state index >= 15 is 0 Å². The summed E-state index contributed by atoms with van der Waals surface area (Å²) in [5, 5.41) is 17.1. The van der Waals surface area contributed by atoms with Gasteiger partial charge in [0.2, 0.25) is 5.88 Å². The van der Waals surface area contributed by atoms with E-state index in [1.807, 2.05) is 57.4 Å². The van der Waals surface area contributed by atoms with E-state index in [2.05, 4.69) is 30.5 Å². The minimum Gasteiger partial charge on any atom is -0.478 e. The first-order chi connectivity index (χ1) is 18.4. The van der Waals surface area contributed by atoms with Crippen molar-refractivity contribution in [2.24, 2.45) is 12.8 Å². The number of carbonyl (C=O) groups excluding carboxylic acids is 1. The molecule has 198 valence electrons. The zero-order chi connectivity index (χ0) is 26.6. The Morgan fingerprint density at radius 2 is 1.95 bits per heavy atom. The van der Waals surface area contributed by atoms with Gasteiger partial charge in [-0.2, -0.15) is 5.10 Å². The number of primary amides is 1. The third-order valence-corrected chi connectivity index (χ3v) is 6.95. The molecule has 4 heterocycles. The van der Waals surface area contributed by atoms with Crippen molar-refractivity contribution in [1.82, 2.24) is 29.9 Å². The summed E-state index contributed by atoms with van der Waals surface area (Å²) in [7, 11) is 1.88. The van der Waals surface area contributed by atoms with Gasteiger partial charge in [-0.25, -0.2) is 4.98 Å². The van der Waals surface area contributed by atoms with Gasteiger partial charge in [0.15, 0.2) is 5.69 Å². The molecule has 38 heavy (non-hydrogen) atoms. The highest BCUT2D eigenvalue weighted by Crippen LogP contribution is 2.32. The zero-order valence-corrected chi connectivity index (χ0v) is 22.1. The molecular weight excluding hydrogens is 480 g/mol. The monoisotopic (exact) mass is 514 g/mol. The first kappa shape index (κ1) is 25.6. The molecule has 0 spiro atoms. The molecule has 1 aliphatic rings. The van der Waals surface area contributed by atoms with Gasteiger partial charge in [0.25, 0.3) is 5.91 Å². The molecule has 0 radical (unpaired) electrons. The van der Waals surface area contributed by atoms with E-state index < -0.39 is 5.91 Å². The van der Waals surface area contributed by atoms with Crippen LogP contribution < -0.4 is 15.8 Å². The van der Waals surface area contributed by atoms with Gasteiger partial charge in [0.05, 0.1) is 29.5 Å². The first-order valence-electron chi connectivity index (χ1n) is 13.1. The number of nitrogens with two attached hydrogens (primary N) is 1. The fourth-order valence-corrected chi connectivity index (χ4v) is 5.05. The molecule has 0 aliphatic carbocycles. The summed E-state index contributed by atoms with van der Waals surface area (Å²) in [5.41, 5.74) is 10.7. The van der Waals surface area contributed by atoms with Crippen molar-refractivity contribution in [3.8, 4) is 17.0 Å². The molecule has 3 N–H and O–H groups in total. The van der Waals surface area contributed by atoms with Crippen LogP contribution in [0.3, 0.4) is 0 Å². The Bertz CT molecular complexity index is 1430. The molecule has 1 atom stereocenters. The lowest BCUT2D eigenvalue weighted by atomic mass is 10.0. The molecule has 1 amide bonds. The van der Waals surface area contributed by atoms with Crippen molar-refractivity contribution >= 4 is 22.5 Å². The summed E-state index contributed by atoms with van der Waals surface area (Å²) >= 11 is 0. The molecule has 0 unspecified atom stereocenters. The Hall–Kier alpha value is -4.05. The molecule has 0 saturated carbocycles. The van der Waals surface area contributed by atoms with E-state index in [1.54, 1.807) is 10.9 Å². The number of hydrogen-bond acceptors (Lipinski definition) is 8. The number of fused-ring (bicyclic) bond motifs is 1. The number of aryl methyl sites for hydroxylation is 2. The average molecular weight is 515 g/mol. The molecule has 1 saturated heterocycles. The normalized spacial score (nSPS) is 14.6. The fourth-order valence-electron chi connectivity index (χ4n) is 5.05. The zero-order valence-electron chi connectivity index (χ0n) is 22.1. The quantitative estimate of drug-likeness (QED) is 0.306. The van der Waals surface area contributed by atoms with Crippen molar-refractivity contribution in [2.75, 3.05) is 31.6 Å². The van der Waals surface area contributed by atoms with E-state index in [-0.39, 0.29) is 11.7 Å². The molecule has 4 aromatic rings. The number of carbonyl (C=O) groups is 1. The van der Waals surface area contributed by atoms with Crippen LogP contribution in [0.15, 0.2) is 42.7 Å². The molecule has 5 rings (SSSR count). The number of pyridine rings is 1. The number of amides is 1. The predicted molar refractivity (Wildman–Crippen MR) is 147 cm³/mol. The molecule has 3 aromatic heterocycles. The number of benzene rings is 1. The van der Waals surface area contributed by atoms with Gasteiger partial charge in [-0.1, -0.05) is 6.07 Å². The van der Waals surface area contributed by atoms with Crippen molar-refractivity contribution in [3.63, 3.8) is 0 Å². The Morgan fingerprint density at radius 1 is 1.16 bits per heavy atom. The van der Waals surface area contributed by atoms with Gasteiger partial charge < -0.3 is 20.7 Å². The lowest BCUT2D eigenvalue weighted by Crippen LogP contribution is -2.21. The summed E-state index contributed by atoms with van der Waals surface area (Å²) in [5.74, 6) is -0.0371. The van der Waals surface area contributed by atoms with E-state index in [0.29, 0.717) is 23.7 Å². The molecule has 0 bridgehead atoms. The Kier molecular flexibility index (Phi) is 7.50. The predicted octanol–water partition coefficient (Wildman–Crippen LogP) is 3.87. The summed E-state index contributed by atoms with van der Waals surface area (Å²) in [6, 6.07) is 9.51. The number of rotatable bonds is 10. The van der Waals surface area contributed by atoms with Crippen LogP contribution >= 0.6 is 0 Å². The third kappa shape index (κ3) is 5.60. The number of ether oxygens (including phenoxy) is 1. The number of aromatic nitrogens is 5. The van der Waals surface area contributed by atoms with Gasteiger partial charge in [0, 0.05) is 43.0 Å². The molecule has 10 nitrogen and oxygen atoms in total. The maximum atomic E-state index is 12.3. The summed E-state index contributed by atoms with van der Waals surface area (Å²) < 4.78 is 7.63. The topological polar surface area (TPSA) is 124 Å². The van der Waals surface area contributed by atoms with Gasteiger partial charge in [-0.15, -0.1) is 10.2 Å². The molecule has 1 fully saturated rings. The van der Waals surface area contributed by atoms with E-state index in [1.165, 1.54) is 25.9 Å². The van der Waals surface area contributed by atoms with Crippen LogP contribution in [0.2, 0.25) is 0 Å². The minimum atomic E-state index is -0.648. The highest BCUT2D eigenvalue weighted by Gasteiger charge is 2.20. The van der Waals surface area contributed by atoms with Gasteiger partial charge >= 0.3 is 0 Å². The van der Waals surface area contributed by atoms with Crippen LogP contribution in [-0.4, -0.2) is 62.0 Å². The Labute approximate surface area is 222 Å². The molecule has 1 aromatic carbocycles. The number of hydrogen-bond donors (Lipinski definition) is 2. The molecular formula is C28H34N8O2. The van der Waals surface area contributed by atoms with Crippen LogP contribution in [-0.2, 0) is 7.05 Å². The Morgan fingerprint density at radius 3 is 2.63 bits per heavy atom. The lowest BCUT2D eigenvalue weighted by Gasteiger charge is -2.18. The standard InChI is InChI=1S/C28H34N8O2/c1-18-17-35(3)34-25(18)19(2)31-26-22-15-20(7-9-23(22)32-33-27(26)28(29)37)21-8-10-24(30-16-21)38-14-6-13-36-11-4-5-12-36/h7-10,15-17,19H,4-6,11-14H2,1-3H3,(H2,29,37)(H,31,32)/t19-/m0/s1. The highest BCUT2D eigenvalue weighted by atomic mass is 16.5. The second kappa shape index (κ2) is 11.1. The number of nitrogens with zero attached hydrogens (tertiary/aromatic N) is 6. The average Bonchev–Trinajstić information content (AvgIpc) is 3.55. The summed E-state index contributed by atoms with van der Waals surface area (Å²) in [6.45, 7) is 8.11. The molecule has 10 heteroatoms. The van der Waals surface area contributed by atoms with Crippen LogP contribution in [0.25, 0.3) is 22.0 Å².